The minimum Gasteiger partial charge on any atom is -0.469 e. The van der Waals surface area contributed by atoms with Gasteiger partial charge in [-0.05, 0) is 23.1 Å². The van der Waals surface area contributed by atoms with Gasteiger partial charge >= 0.3 is 12.1 Å². The first-order chi connectivity index (χ1) is 16.6. The summed E-state index contributed by atoms with van der Waals surface area (Å²) in [6.45, 7) is 5.50. The first-order valence-corrected chi connectivity index (χ1v) is 11.8. The molecule has 6 rings (SSSR count). The second-order valence-electron chi connectivity index (χ2n) is 10.9. The van der Waals surface area contributed by atoms with Crippen molar-refractivity contribution in [1.29, 1.82) is 0 Å². The molecule has 9 nitrogen and oxygen atoms in total. The molecule has 1 aromatic heterocycles. The standard InChI is InChI=1S/C26H28N2O7/c1-24(2,3)20(29)18(21(30)33-4)28-22(31)25-17(16-11-8-12-34-16)19(25)26(25,28)27-15(13-35-23(27)32)14-9-6-5-7-10-14/h5-12,15,17-20,29H,13H2,1-4H3/t15-,17?,18-,19+,20-,25+,26+/m0/s1. The third-order valence-electron chi connectivity index (χ3n) is 8.29. The third-order valence-corrected chi connectivity index (χ3v) is 8.29. The van der Waals surface area contributed by atoms with Crippen LogP contribution < -0.4 is 0 Å². The van der Waals surface area contributed by atoms with Crippen molar-refractivity contribution in [3.05, 3.63) is 60.1 Å². The number of fused-ring (bicyclic) bond motifs is 1. The van der Waals surface area contributed by atoms with Crippen molar-refractivity contribution >= 4 is 18.0 Å². The van der Waals surface area contributed by atoms with Crippen LogP contribution in [0.2, 0.25) is 0 Å². The highest BCUT2D eigenvalue weighted by Crippen LogP contribution is 2.98. The fraction of sp³-hybridized carbons (Fsp3) is 0.500. The number of esters is 1. The number of amides is 2. The molecule has 3 heterocycles. The number of ether oxygens (including phenoxy) is 2. The van der Waals surface area contributed by atoms with Crippen LogP contribution in [0.5, 0.6) is 0 Å². The first kappa shape index (κ1) is 22.2. The number of carbonyl (C=O) groups is 3. The molecule has 2 saturated heterocycles. The number of rotatable bonds is 6. The van der Waals surface area contributed by atoms with Crippen LogP contribution in [0.1, 0.15) is 44.1 Å². The number of hydrogen-bond donors (Lipinski definition) is 1. The molecule has 7 atom stereocenters. The van der Waals surface area contributed by atoms with Gasteiger partial charge in [0, 0.05) is 11.8 Å². The number of likely N-dealkylation sites (tertiary alicyclic amines) is 1. The summed E-state index contributed by atoms with van der Waals surface area (Å²) in [6, 6.07) is 11.4. The number of piperidine rings is 1. The Morgan fingerprint density at radius 2 is 1.89 bits per heavy atom. The molecule has 0 radical (unpaired) electrons. The van der Waals surface area contributed by atoms with Crippen molar-refractivity contribution in [1.82, 2.24) is 9.80 Å². The molecule has 4 aliphatic rings. The molecule has 1 spiro atoms. The lowest BCUT2D eigenvalue weighted by molar-refractivity contribution is -0.200. The van der Waals surface area contributed by atoms with Gasteiger partial charge in [-0.3, -0.25) is 9.69 Å². The average molecular weight is 481 g/mol. The van der Waals surface area contributed by atoms with E-state index >= 15 is 0 Å². The number of nitrogens with zero attached hydrogens (tertiary/aromatic N) is 2. The highest BCUT2D eigenvalue weighted by molar-refractivity contribution is 6.09. The molecule has 4 fully saturated rings. The van der Waals surface area contributed by atoms with Gasteiger partial charge in [0.15, 0.2) is 6.04 Å². The van der Waals surface area contributed by atoms with Crippen molar-refractivity contribution < 1.29 is 33.4 Å². The van der Waals surface area contributed by atoms with Crippen LogP contribution in [0.25, 0.3) is 0 Å². The van der Waals surface area contributed by atoms with Crippen molar-refractivity contribution in [2.75, 3.05) is 13.7 Å². The number of furan rings is 1. The van der Waals surface area contributed by atoms with E-state index in [4.69, 9.17) is 13.9 Å². The summed E-state index contributed by atoms with van der Waals surface area (Å²) in [5.41, 5.74) is -1.85. The smallest absolute Gasteiger partial charge is 0.412 e. The Kier molecular flexibility index (Phi) is 4.35. The van der Waals surface area contributed by atoms with Crippen LogP contribution in [0.4, 0.5) is 4.79 Å². The van der Waals surface area contributed by atoms with Crippen LogP contribution in [-0.2, 0) is 19.1 Å². The van der Waals surface area contributed by atoms with Crippen molar-refractivity contribution in [2.45, 2.75) is 50.5 Å². The SMILES string of the molecule is COC(=O)[C@H]([C@H](O)C(C)(C)C)N1C(=O)[C@@]23C(c4ccco4)[C@H]2[C@@]13N1C(=O)OC[C@H]1c1ccccc1. The van der Waals surface area contributed by atoms with Gasteiger partial charge in [0.1, 0.15) is 23.4 Å². The summed E-state index contributed by atoms with van der Waals surface area (Å²) < 4.78 is 16.2. The molecule has 2 aliphatic heterocycles. The predicted octanol–water partition coefficient (Wildman–Crippen LogP) is 2.67. The maximum Gasteiger partial charge on any atom is 0.412 e. The number of cyclic esters (lactones) is 1. The zero-order chi connectivity index (χ0) is 24.9. The van der Waals surface area contributed by atoms with Crippen LogP contribution in [0.15, 0.2) is 53.1 Å². The maximum atomic E-state index is 13.9. The van der Waals surface area contributed by atoms with E-state index in [0.29, 0.717) is 5.76 Å². The number of methoxy groups -OCH3 is 1. The molecular formula is C26H28N2O7. The molecule has 2 saturated carbocycles. The Bertz CT molecular complexity index is 1210. The van der Waals surface area contributed by atoms with Gasteiger partial charge < -0.3 is 23.9 Å². The lowest BCUT2D eigenvalue weighted by atomic mass is 9.77. The molecular weight excluding hydrogens is 452 g/mol. The van der Waals surface area contributed by atoms with E-state index in [1.54, 1.807) is 38.0 Å². The fourth-order valence-corrected chi connectivity index (χ4v) is 6.67. The second-order valence-corrected chi connectivity index (χ2v) is 10.9. The number of benzene rings is 1. The Morgan fingerprint density at radius 3 is 2.46 bits per heavy atom. The Hall–Kier alpha value is -3.33. The summed E-state index contributed by atoms with van der Waals surface area (Å²) in [5.74, 6) is -0.803. The van der Waals surface area contributed by atoms with Crippen molar-refractivity contribution in [3.8, 4) is 0 Å². The van der Waals surface area contributed by atoms with Gasteiger partial charge in [0.25, 0.3) is 0 Å². The zero-order valence-corrected chi connectivity index (χ0v) is 20.0. The molecule has 2 amide bonds. The molecule has 2 aromatic rings. The number of hydrogen-bond acceptors (Lipinski definition) is 7. The quantitative estimate of drug-likeness (QED) is 0.500. The molecule has 0 bridgehead atoms. The minimum atomic E-state index is -1.27. The van der Waals surface area contributed by atoms with E-state index in [-0.39, 0.29) is 24.3 Å². The molecule has 35 heavy (non-hydrogen) atoms. The number of aliphatic hydroxyl groups excluding tert-OH is 1. The van der Waals surface area contributed by atoms with Gasteiger partial charge in [-0.15, -0.1) is 0 Å². The summed E-state index contributed by atoms with van der Waals surface area (Å²) >= 11 is 0. The lowest BCUT2D eigenvalue weighted by Gasteiger charge is -2.57. The minimum absolute atomic E-state index is 0.131. The highest BCUT2D eigenvalue weighted by Gasteiger charge is 3.12. The summed E-state index contributed by atoms with van der Waals surface area (Å²) in [4.78, 5) is 43.1. The van der Waals surface area contributed by atoms with Gasteiger partial charge in [-0.25, -0.2) is 9.59 Å². The average Bonchev–Trinajstić information content (AvgIpc) is 3.43. The van der Waals surface area contributed by atoms with Gasteiger partial charge in [-0.2, -0.15) is 0 Å². The Labute approximate surface area is 202 Å². The number of β-lactam (4-membered cyclic amide) rings is 1. The maximum absolute atomic E-state index is 13.9. The zero-order valence-electron chi connectivity index (χ0n) is 20.0. The first-order valence-electron chi connectivity index (χ1n) is 11.8. The monoisotopic (exact) mass is 480 g/mol. The van der Waals surface area contributed by atoms with Gasteiger partial charge in [-0.1, -0.05) is 51.1 Å². The van der Waals surface area contributed by atoms with Crippen molar-refractivity contribution in [3.63, 3.8) is 0 Å². The lowest BCUT2D eigenvalue weighted by Crippen LogP contribution is -2.77. The van der Waals surface area contributed by atoms with Gasteiger partial charge in [0.2, 0.25) is 5.91 Å². The molecule has 1 N–H and O–H groups in total. The number of carbonyl (C=O) groups excluding carboxylic acids is 3. The second kappa shape index (κ2) is 6.87. The van der Waals surface area contributed by atoms with E-state index in [1.165, 1.54) is 12.0 Å². The van der Waals surface area contributed by atoms with Crippen LogP contribution in [0, 0.1) is 16.7 Å². The Morgan fingerprint density at radius 1 is 1.17 bits per heavy atom. The third kappa shape index (κ3) is 2.44. The molecule has 1 unspecified atom stereocenters. The summed E-state index contributed by atoms with van der Waals surface area (Å²) in [7, 11) is 1.23. The summed E-state index contributed by atoms with van der Waals surface area (Å²) in [6.07, 6.45) is -0.205. The predicted molar refractivity (Wildman–Crippen MR) is 121 cm³/mol. The van der Waals surface area contributed by atoms with E-state index in [9.17, 15) is 19.5 Å². The highest BCUT2D eigenvalue weighted by atomic mass is 16.6. The van der Waals surface area contributed by atoms with Crippen LogP contribution in [-0.4, -0.2) is 64.4 Å². The van der Waals surface area contributed by atoms with E-state index in [1.807, 2.05) is 36.4 Å². The topological polar surface area (TPSA) is 110 Å². The summed E-state index contributed by atoms with van der Waals surface area (Å²) in [5, 5.41) is 11.2. The van der Waals surface area contributed by atoms with E-state index < -0.39 is 46.7 Å². The molecule has 9 heteroatoms. The number of aliphatic hydroxyl groups is 1. The largest absolute Gasteiger partial charge is 0.469 e. The van der Waals surface area contributed by atoms with Crippen molar-refractivity contribution in [2.24, 2.45) is 16.7 Å². The fourth-order valence-electron chi connectivity index (χ4n) is 6.67. The van der Waals surface area contributed by atoms with E-state index in [2.05, 4.69) is 0 Å². The van der Waals surface area contributed by atoms with Crippen LogP contribution >= 0.6 is 0 Å². The molecule has 2 aliphatic carbocycles. The van der Waals surface area contributed by atoms with Crippen LogP contribution in [0.3, 0.4) is 0 Å². The van der Waals surface area contributed by atoms with Gasteiger partial charge in [0.05, 0.1) is 25.5 Å². The normalized spacial score (nSPS) is 34.4. The molecule has 184 valence electrons. The van der Waals surface area contributed by atoms with E-state index in [0.717, 1.165) is 5.56 Å². The Balaban J connectivity index is 1.47. The molecule has 1 aromatic carbocycles.